The first-order valence-corrected chi connectivity index (χ1v) is 7.29. The van der Waals surface area contributed by atoms with Crippen LogP contribution >= 0.6 is 12.4 Å². The van der Waals surface area contributed by atoms with E-state index in [1.54, 1.807) is 19.1 Å². The maximum absolute atomic E-state index is 12.8. The number of nitrogens with two attached hydrogens (primary N) is 1. The monoisotopic (exact) mass is 332 g/mol. The molecule has 0 radical (unpaired) electrons. The number of aliphatic hydroxyl groups is 1. The van der Waals surface area contributed by atoms with Gasteiger partial charge >= 0.3 is 0 Å². The Labute approximate surface area is 137 Å². The smallest absolute Gasteiger partial charge is 0.240 e. The van der Waals surface area contributed by atoms with Crippen LogP contribution in [0.4, 0.5) is 4.39 Å². The van der Waals surface area contributed by atoms with Gasteiger partial charge in [0, 0.05) is 6.04 Å². The summed E-state index contributed by atoms with van der Waals surface area (Å²) in [5.41, 5.74) is 5.69. The second kappa shape index (κ2) is 9.08. The van der Waals surface area contributed by atoms with Crippen LogP contribution in [0, 0.1) is 5.82 Å². The SMILES string of the molecule is CCCC(C)(N)C(=O)NC(C)CC(O)c1ccc(F)cc1.Cl. The molecule has 0 bridgehead atoms. The fourth-order valence-corrected chi connectivity index (χ4v) is 2.24. The van der Waals surface area contributed by atoms with Gasteiger partial charge in [-0.1, -0.05) is 25.5 Å². The predicted molar refractivity (Wildman–Crippen MR) is 88.3 cm³/mol. The van der Waals surface area contributed by atoms with Gasteiger partial charge < -0.3 is 16.2 Å². The molecule has 126 valence electrons. The van der Waals surface area contributed by atoms with E-state index in [0.717, 1.165) is 6.42 Å². The molecule has 3 atom stereocenters. The third-order valence-electron chi connectivity index (χ3n) is 3.50. The van der Waals surface area contributed by atoms with Gasteiger partial charge in [0.1, 0.15) is 5.82 Å². The van der Waals surface area contributed by atoms with Gasteiger partial charge in [-0.2, -0.15) is 0 Å². The van der Waals surface area contributed by atoms with Crippen LogP contribution in [0.2, 0.25) is 0 Å². The van der Waals surface area contributed by atoms with Crippen LogP contribution in [0.25, 0.3) is 0 Å². The molecule has 0 spiro atoms. The Balaban J connectivity index is 0.00000441. The van der Waals surface area contributed by atoms with Crippen LogP contribution in [0.3, 0.4) is 0 Å². The highest BCUT2D eigenvalue weighted by Gasteiger charge is 2.28. The Morgan fingerprint density at radius 1 is 1.41 bits per heavy atom. The average Bonchev–Trinajstić information content (AvgIpc) is 2.38. The van der Waals surface area contributed by atoms with Gasteiger partial charge in [0.2, 0.25) is 5.91 Å². The highest BCUT2D eigenvalue weighted by atomic mass is 35.5. The normalized spacial score (nSPS) is 16.1. The van der Waals surface area contributed by atoms with Crippen molar-refractivity contribution in [1.29, 1.82) is 0 Å². The molecular formula is C16H26ClFN2O2. The van der Waals surface area contributed by atoms with Gasteiger partial charge in [-0.25, -0.2) is 4.39 Å². The summed E-state index contributed by atoms with van der Waals surface area (Å²) in [6.45, 7) is 5.49. The number of halogens is 2. The van der Waals surface area contributed by atoms with E-state index in [1.807, 2.05) is 13.8 Å². The van der Waals surface area contributed by atoms with Crippen molar-refractivity contribution in [2.45, 2.75) is 57.7 Å². The van der Waals surface area contributed by atoms with Crippen molar-refractivity contribution in [2.24, 2.45) is 5.73 Å². The van der Waals surface area contributed by atoms with E-state index in [1.165, 1.54) is 12.1 Å². The van der Waals surface area contributed by atoms with Crippen molar-refractivity contribution in [3.05, 3.63) is 35.6 Å². The van der Waals surface area contributed by atoms with E-state index < -0.39 is 11.6 Å². The topological polar surface area (TPSA) is 75.4 Å². The van der Waals surface area contributed by atoms with Gasteiger partial charge in [0.25, 0.3) is 0 Å². The standard InChI is InChI=1S/C16H25FN2O2.ClH/c1-4-9-16(3,18)15(21)19-11(2)10-14(20)12-5-7-13(17)8-6-12;/h5-8,11,14,20H,4,9-10,18H2,1-3H3,(H,19,21);1H. The minimum Gasteiger partial charge on any atom is -0.388 e. The number of carbonyl (C=O) groups excluding carboxylic acids is 1. The maximum atomic E-state index is 12.8. The summed E-state index contributed by atoms with van der Waals surface area (Å²) >= 11 is 0. The molecule has 4 nitrogen and oxygen atoms in total. The van der Waals surface area contributed by atoms with Gasteiger partial charge in [0.05, 0.1) is 11.6 Å². The van der Waals surface area contributed by atoms with Crippen LogP contribution in [-0.2, 0) is 4.79 Å². The number of hydrogen-bond acceptors (Lipinski definition) is 3. The van der Waals surface area contributed by atoms with Gasteiger partial charge in [-0.3, -0.25) is 4.79 Å². The first-order valence-electron chi connectivity index (χ1n) is 7.29. The molecule has 0 saturated carbocycles. The number of hydrogen-bond donors (Lipinski definition) is 3. The molecule has 1 amide bonds. The minimum atomic E-state index is -0.899. The molecule has 0 fully saturated rings. The second-order valence-corrected chi connectivity index (χ2v) is 5.85. The fraction of sp³-hybridized carbons (Fsp3) is 0.562. The fourth-order valence-electron chi connectivity index (χ4n) is 2.24. The van der Waals surface area contributed by atoms with E-state index in [9.17, 15) is 14.3 Å². The van der Waals surface area contributed by atoms with Gasteiger partial charge in [-0.15, -0.1) is 12.4 Å². The zero-order valence-electron chi connectivity index (χ0n) is 13.3. The lowest BCUT2D eigenvalue weighted by Gasteiger charge is -2.26. The third-order valence-corrected chi connectivity index (χ3v) is 3.50. The van der Waals surface area contributed by atoms with E-state index >= 15 is 0 Å². The highest BCUT2D eigenvalue weighted by molar-refractivity contribution is 5.86. The molecule has 4 N–H and O–H groups in total. The van der Waals surface area contributed by atoms with Crippen molar-refractivity contribution >= 4 is 18.3 Å². The lowest BCUT2D eigenvalue weighted by Crippen LogP contribution is -2.53. The van der Waals surface area contributed by atoms with Crippen molar-refractivity contribution in [3.8, 4) is 0 Å². The van der Waals surface area contributed by atoms with E-state index in [4.69, 9.17) is 5.73 Å². The molecule has 0 aliphatic carbocycles. The molecule has 0 saturated heterocycles. The molecule has 0 heterocycles. The highest BCUT2D eigenvalue weighted by Crippen LogP contribution is 2.19. The van der Waals surface area contributed by atoms with Crippen LogP contribution < -0.4 is 11.1 Å². The molecule has 1 rings (SSSR count). The number of carbonyl (C=O) groups is 1. The zero-order valence-corrected chi connectivity index (χ0v) is 14.1. The lowest BCUT2D eigenvalue weighted by atomic mass is 9.95. The summed E-state index contributed by atoms with van der Waals surface area (Å²) in [4.78, 5) is 12.1. The molecule has 0 aliphatic heterocycles. The van der Waals surface area contributed by atoms with Crippen molar-refractivity contribution in [3.63, 3.8) is 0 Å². The third kappa shape index (κ3) is 6.30. The van der Waals surface area contributed by atoms with Crippen LogP contribution in [0.5, 0.6) is 0 Å². The average molecular weight is 333 g/mol. The van der Waals surface area contributed by atoms with Crippen LogP contribution in [0.1, 0.15) is 51.7 Å². The summed E-state index contributed by atoms with van der Waals surface area (Å²) in [6.07, 6.45) is 1.02. The molecule has 3 unspecified atom stereocenters. The summed E-state index contributed by atoms with van der Waals surface area (Å²) < 4.78 is 12.8. The lowest BCUT2D eigenvalue weighted by molar-refractivity contribution is -0.126. The Bertz CT molecular complexity index is 466. The molecule has 0 aromatic heterocycles. The number of rotatable bonds is 7. The molecule has 6 heteroatoms. The second-order valence-electron chi connectivity index (χ2n) is 5.85. The number of benzene rings is 1. The Morgan fingerprint density at radius 2 is 1.95 bits per heavy atom. The summed E-state index contributed by atoms with van der Waals surface area (Å²) in [5.74, 6) is -0.561. The van der Waals surface area contributed by atoms with E-state index in [2.05, 4.69) is 5.32 Å². The number of amides is 1. The quantitative estimate of drug-likeness (QED) is 0.718. The first kappa shape index (κ1) is 20.8. The number of nitrogens with one attached hydrogen (secondary N) is 1. The largest absolute Gasteiger partial charge is 0.388 e. The Kier molecular flexibility index (Phi) is 8.60. The zero-order chi connectivity index (χ0) is 16.0. The van der Waals surface area contributed by atoms with Crippen molar-refractivity contribution in [1.82, 2.24) is 5.32 Å². The summed E-state index contributed by atoms with van der Waals surface area (Å²) in [6, 6.07) is 5.47. The molecule has 0 aliphatic rings. The van der Waals surface area contributed by atoms with E-state index in [-0.39, 0.29) is 30.2 Å². The van der Waals surface area contributed by atoms with E-state index in [0.29, 0.717) is 18.4 Å². The van der Waals surface area contributed by atoms with Gasteiger partial charge in [-0.05, 0) is 44.4 Å². The van der Waals surface area contributed by atoms with Crippen LogP contribution in [-0.4, -0.2) is 22.6 Å². The van der Waals surface area contributed by atoms with Gasteiger partial charge in [0.15, 0.2) is 0 Å². The molecular weight excluding hydrogens is 307 g/mol. The minimum absolute atomic E-state index is 0. The predicted octanol–water partition coefficient (Wildman–Crippen LogP) is 2.69. The van der Waals surface area contributed by atoms with Crippen molar-refractivity contribution in [2.75, 3.05) is 0 Å². The first-order chi connectivity index (χ1) is 9.76. The molecule has 1 aromatic rings. The van der Waals surface area contributed by atoms with Crippen molar-refractivity contribution < 1.29 is 14.3 Å². The Morgan fingerprint density at radius 3 is 2.45 bits per heavy atom. The molecule has 22 heavy (non-hydrogen) atoms. The van der Waals surface area contributed by atoms with Crippen LogP contribution in [0.15, 0.2) is 24.3 Å². The maximum Gasteiger partial charge on any atom is 0.240 e. The summed E-state index contributed by atoms with van der Waals surface area (Å²) in [7, 11) is 0. The number of aliphatic hydroxyl groups excluding tert-OH is 1. The Hall–Kier alpha value is -1.17. The summed E-state index contributed by atoms with van der Waals surface area (Å²) in [5, 5.41) is 12.9. The molecule has 1 aromatic carbocycles.